The highest BCUT2D eigenvalue weighted by Gasteiger charge is 2.45. The topological polar surface area (TPSA) is 30.0 Å². The van der Waals surface area contributed by atoms with Gasteiger partial charge < -0.3 is 0 Å². The van der Waals surface area contributed by atoms with Gasteiger partial charge in [-0.05, 0) is 53.2 Å². The molecule has 2 nitrogen and oxygen atoms in total. The van der Waals surface area contributed by atoms with Gasteiger partial charge >= 0.3 is 0 Å². The second-order valence-corrected chi connectivity index (χ2v) is 6.70. The van der Waals surface area contributed by atoms with Crippen molar-refractivity contribution in [2.75, 3.05) is 0 Å². The summed E-state index contributed by atoms with van der Waals surface area (Å²) >= 11 is 0. The summed E-state index contributed by atoms with van der Waals surface area (Å²) in [6.45, 7) is 2.33. The van der Waals surface area contributed by atoms with E-state index < -0.39 is 0 Å². The number of aldehydes is 1. The van der Waals surface area contributed by atoms with Gasteiger partial charge in [-0.15, -0.1) is 0 Å². The molecule has 3 atom stereocenters. The fraction of sp³-hybridized carbons (Fsp3) is 0.300. The zero-order chi connectivity index (χ0) is 15.2. The Labute approximate surface area is 130 Å². The van der Waals surface area contributed by atoms with Gasteiger partial charge in [-0.25, -0.2) is 0 Å². The maximum absolute atomic E-state index is 11.0. The molecule has 0 aliphatic heterocycles. The third-order valence-corrected chi connectivity index (χ3v) is 5.55. The van der Waals surface area contributed by atoms with Crippen molar-refractivity contribution >= 4 is 17.1 Å². The lowest BCUT2D eigenvalue weighted by atomic mass is 9.68. The van der Waals surface area contributed by atoms with Gasteiger partial charge in [0.2, 0.25) is 0 Å². The molecule has 1 saturated carbocycles. The zero-order valence-corrected chi connectivity index (χ0v) is 12.7. The Hall–Kier alpha value is -2.22. The summed E-state index contributed by atoms with van der Waals surface area (Å²) < 4.78 is 0. The van der Waals surface area contributed by atoms with E-state index in [0.29, 0.717) is 11.8 Å². The van der Waals surface area contributed by atoms with E-state index in [1.165, 1.54) is 22.8 Å². The van der Waals surface area contributed by atoms with Crippen LogP contribution in [0.1, 0.15) is 31.2 Å². The standard InChI is InChI=1S/C20H19NO/c1-20-8-6-14(13-22)10-18(20)4-5-19(20)16-3-2-15-7-9-21-12-17(15)11-16/h2-3,6-13,18-19H,4-5H2,1H3/t18-,19+,20-/m0/s1. The third-order valence-electron chi connectivity index (χ3n) is 5.55. The highest BCUT2D eigenvalue weighted by Crippen LogP contribution is 2.56. The summed E-state index contributed by atoms with van der Waals surface area (Å²) in [7, 11) is 0. The number of pyridine rings is 1. The monoisotopic (exact) mass is 289 g/mol. The summed E-state index contributed by atoms with van der Waals surface area (Å²) in [6.07, 6.45) is 13.5. The van der Waals surface area contributed by atoms with Crippen LogP contribution in [0, 0.1) is 11.3 Å². The van der Waals surface area contributed by atoms with Crippen LogP contribution >= 0.6 is 0 Å². The van der Waals surface area contributed by atoms with Gasteiger partial charge in [-0.3, -0.25) is 9.78 Å². The molecule has 0 radical (unpaired) electrons. The second kappa shape index (κ2) is 4.91. The maximum atomic E-state index is 11.0. The second-order valence-electron chi connectivity index (χ2n) is 6.70. The molecular weight excluding hydrogens is 270 g/mol. The molecule has 2 aromatic rings. The van der Waals surface area contributed by atoms with Gasteiger partial charge in [0.1, 0.15) is 6.29 Å². The SMILES string of the molecule is C[C@]12C=CC(C=O)=C[C@@H]1CC[C@@H]2c1ccc2ccncc2c1. The minimum absolute atomic E-state index is 0.113. The van der Waals surface area contributed by atoms with Crippen LogP contribution in [0.25, 0.3) is 10.8 Å². The average molecular weight is 289 g/mol. The Bertz CT molecular complexity index is 804. The molecule has 1 aromatic carbocycles. The molecule has 22 heavy (non-hydrogen) atoms. The van der Waals surface area contributed by atoms with Crippen LogP contribution in [0.4, 0.5) is 0 Å². The van der Waals surface area contributed by atoms with Crippen LogP contribution in [-0.4, -0.2) is 11.3 Å². The molecule has 2 aliphatic carbocycles. The van der Waals surface area contributed by atoms with Crippen molar-refractivity contribution in [3.63, 3.8) is 0 Å². The summed E-state index contributed by atoms with van der Waals surface area (Å²) in [6, 6.07) is 8.79. The lowest BCUT2D eigenvalue weighted by molar-refractivity contribution is -0.104. The maximum Gasteiger partial charge on any atom is 0.149 e. The quantitative estimate of drug-likeness (QED) is 0.765. The molecular formula is C20H19NO. The Balaban J connectivity index is 1.75. The fourth-order valence-electron chi connectivity index (χ4n) is 4.22. The first-order valence-corrected chi connectivity index (χ1v) is 7.90. The predicted molar refractivity (Wildman–Crippen MR) is 88.6 cm³/mol. The van der Waals surface area contributed by atoms with Crippen LogP contribution in [0.2, 0.25) is 0 Å². The van der Waals surface area contributed by atoms with Crippen LogP contribution in [-0.2, 0) is 4.79 Å². The van der Waals surface area contributed by atoms with E-state index in [0.717, 1.165) is 18.3 Å². The predicted octanol–water partition coefficient (Wildman–Crippen LogP) is 4.43. The molecule has 0 spiro atoms. The molecule has 110 valence electrons. The van der Waals surface area contributed by atoms with E-state index in [2.05, 4.69) is 48.3 Å². The minimum Gasteiger partial charge on any atom is -0.298 e. The number of hydrogen-bond acceptors (Lipinski definition) is 2. The smallest absolute Gasteiger partial charge is 0.149 e. The Morgan fingerprint density at radius 3 is 3.00 bits per heavy atom. The first-order valence-electron chi connectivity index (χ1n) is 7.90. The minimum atomic E-state index is 0.113. The number of allylic oxidation sites excluding steroid dienone is 4. The van der Waals surface area contributed by atoms with E-state index in [1.54, 1.807) is 0 Å². The normalized spacial score (nSPS) is 30.1. The fourth-order valence-corrected chi connectivity index (χ4v) is 4.22. The third kappa shape index (κ3) is 1.94. The molecule has 1 heterocycles. The van der Waals surface area contributed by atoms with Crippen molar-refractivity contribution in [3.8, 4) is 0 Å². The van der Waals surface area contributed by atoms with Crippen molar-refractivity contribution in [1.29, 1.82) is 0 Å². The Morgan fingerprint density at radius 2 is 2.14 bits per heavy atom. The van der Waals surface area contributed by atoms with Crippen LogP contribution in [0.15, 0.2) is 60.5 Å². The summed E-state index contributed by atoms with van der Waals surface area (Å²) in [5, 5.41) is 2.44. The molecule has 2 heteroatoms. The van der Waals surface area contributed by atoms with Gasteiger partial charge in [-0.1, -0.05) is 37.3 Å². The number of aromatic nitrogens is 1. The average Bonchev–Trinajstić information content (AvgIpc) is 2.90. The van der Waals surface area contributed by atoms with Gasteiger partial charge in [-0.2, -0.15) is 0 Å². The van der Waals surface area contributed by atoms with Crippen molar-refractivity contribution in [1.82, 2.24) is 4.98 Å². The first kappa shape index (κ1) is 13.4. The van der Waals surface area contributed by atoms with Crippen molar-refractivity contribution in [2.24, 2.45) is 11.3 Å². The van der Waals surface area contributed by atoms with Crippen molar-refractivity contribution in [3.05, 3.63) is 66.0 Å². The van der Waals surface area contributed by atoms with Crippen molar-refractivity contribution in [2.45, 2.75) is 25.7 Å². The summed E-state index contributed by atoms with van der Waals surface area (Å²) in [5.41, 5.74) is 2.33. The van der Waals surface area contributed by atoms with E-state index in [4.69, 9.17) is 0 Å². The van der Waals surface area contributed by atoms with Gasteiger partial charge in [0, 0.05) is 23.4 Å². The molecule has 1 aromatic heterocycles. The first-order chi connectivity index (χ1) is 10.7. The molecule has 2 aliphatic rings. The van der Waals surface area contributed by atoms with E-state index in [-0.39, 0.29) is 5.41 Å². The largest absolute Gasteiger partial charge is 0.298 e. The summed E-state index contributed by atoms with van der Waals surface area (Å²) in [4.78, 5) is 15.3. The van der Waals surface area contributed by atoms with E-state index >= 15 is 0 Å². The lowest BCUT2D eigenvalue weighted by Crippen LogP contribution is -2.26. The van der Waals surface area contributed by atoms with Crippen LogP contribution < -0.4 is 0 Å². The van der Waals surface area contributed by atoms with E-state index in [9.17, 15) is 4.79 Å². The molecule has 0 amide bonds. The molecule has 0 saturated heterocycles. The molecule has 0 bridgehead atoms. The number of benzene rings is 1. The lowest BCUT2D eigenvalue weighted by Gasteiger charge is -2.35. The Morgan fingerprint density at radius 1 is 1.23 bits per heavy atom. The van der Waals surface area contributed by atoms with Gasteiger partial charge in [0.25, 0.3) is 0 Å². The molecule has 0 N–H and O–H groups in total. The highest BCUT2D eigenvalue weighted by atomic mass is 16.1. The van der Waals surface area contributed by atoms with Crippen LogP contribution in [0.3, 0.4) is 0 Å². The number of fused-ring (bicyclic) bond motifs is 2. The van der Waals surface area contributed by atoms with Crippen molar-refractivity contribution < 1.29 is 4.79 Å². The number of rotatable bonds is 2. The number of hydrogen-bond donors (Lipinski definition) is 0. The van der Waals surface area contributed by atoms with Gasteiger partial charge in [0.05, 0.1) is 0 Å². The van der Waals surface area contributed by atoms with Crippen LogP contribution in [0.5, 0.6) is 0 Å². The number of carbonyl (C=O) groups is 1. The summed E-state index contributed by atoms with van der Waals surface area (Å²) in [5.74, 6) is 0.968. The highest BCUT2D eigenvalue weighted by molar-refractivity contribution is 5.82. The Kier molecular flexibility index (Phi) is 3.00. The molecule has 1 fully saturated rings. The van der Waals surface area contributed by atoms with E-state index in [1.807, 2.05) is 18.5 Å². The number of nitrogens with zero attached hydrogens (tertiary/aromatic N) is 1. The zero-order valence-electron chi connectivity index (χ0n) is 12.7. The molecule has 0 unspecified atom stereocenters. The van der Waals surface area contributed by atoms with Gasteiger partial charge in [0.15, 0.2) is 0 Å². The number of carbonyl (C=O) groups excluding carboxylic acids is 1. The molecule has 4 rings (SSSR count).